The smallest absolute Gasteiger partial charge is 0.198 e. The maximum Gasteiger partial charge on any atom is 0.198 e. The molecule has 2 nitrogen and oxygen atoms in total. The van der Waals surface area contributed by atoms with Crippen molar-refractivity contribution in [3.63, 3.8) is 0 Å². The van der Waals surface area contributed by atoms with Crippen LogP contribution in [0.2, 0.25) is 0 Å². The van der Waals surface area contributed by atoms with E-state index in [2.05, 4.69) is 11.8 Å². The Morgan fingerprint density at radius 3 is 3.00 bits per heavy atom. The second-order valence-corrected chi connectivity index (χ2v) is 3.46. The van der Waals surface area contributed by atoms with Crippen LogP contribution in [0, 0.1) is 0 Å². The Hall–Kier alpha value is -0.370. The number of likely N-dealkylation sites (tertiary alicyclic amines) is 1. The first kappa shape index (κ1) is 9.72. The number of piperidine rings is 1. The van der Waals surface area contributed by atoms with Gasteiger partial charge in [-0.1, -0.05) is 13.3 Å². The maximum absolute atomic E-state index is 10.1. The fraction of sp³-hybridized carbons (Fsp3) is 0.900. The number of carbonyl (C=O) groups excluding carboxylic acids is 1. The molecule has 1 radical (unpaired) electrons. The molecule has 1 rings (SSSR count). The first-order valence-electron chi connectivity index (χ1n) is 4.97. The highest BCUT2D eigenvalue weighted by Gasteiger charge is 2.19. The van der Waals surface area contributed by atoms with E-state index in [4.69, 9.17) is 0 Å². The molecular weight excluding hydrogens is 150 g/mol. The highest BCUT2D eigenvalue weighted by Crippen LogP contribution is 2.19. The third kappa shape index (κ3) is 2.59. The summed E-state index contributed by atoms with van der Waals surface area (Å²) in [7, 11) is 0. The quantitative estimate of drug-likeness (QED) is 0.637. The zero-order valence-electron chi connectivity index (χ0n) is 7.88. The van der Waals surface area contributed by atoms with Gasteiger partial charge in [0.15, 0.2) is 6.29 Å². The van der Waals surface area contributed by atoms with Gasteiger partial charge in [-0.15, -0.1) is 0 Å². The number of hydrogen-bond donors (Lipinski definition) is 0. The van der Waals surface area contributed by atoms with Crippen LogP contribution in [0.15, 0.2) is 0 Å². The zero-order chi connectivity index (χ0) is 8.81. The van der Waals surface area contributed by atoms with E-state index in [0.717, 1.165) is 13.0 Å². The van der Waals surface area contributed by atoms with Gasteiger partial charge in [0.1, 0.15) is 0 Å². The van der Waals surface area contributed by atoms with Gasteiger partial charge in [0.2, 0.25) is 0 Å². The topological polar surface area (TPSA) is 20.3 Å². The minimum absolute atomic E-state index is 0.612. The lowest BCUT2D eigenvalue weighted by Gasteiger charge is -2.34. The summed E-state index contributed by atoms with van der Waals surface area (Å²) in [6.45, 7) is 4.55. The van der Waals surface area contributed by atoms with Gasteiger partial charge in [0, 0.05) is 12.5 Å². The van der Waals surface area contributed by atoms with Crippen LogP contribution < -0.4 is 0 Å². The van der Waals surface area contributed by atoms with Gasteiger partial charge in [-0.2, -0.15) is 0 Å². The average molecular weight is 168 g/mol. The van der Waals surface area contributed by atoms with Crippen molar-refractivity contribution in [1.29, 1.82) is 0 Å². The molecule has 1 aliphatic heterocycles. The second kappa shape index (κ2) is 5.31. The predicted molar refractivity (Wildman–Crippen MR) is 49.8 cm³/mol. The fourth-order valence-corrected chi connectivity index (χ4v) is 2.03. The van der Waals surface area contributed by atoms with E-state index >= 15 is 0 Å². The Bertz CT molecular complexity index is 136. The summed E-state index contributed by atoms with van der Waals surface area (Å²) >= 11 is 0. The molecule has 0 aromatic carbocycles. The molecule has 69 valence electrons. The number of rotatable bonds is 4. The monoisotopic (exact) mass is 168 g/mol. The van der Waals surface area contributed by atoms with Crippen LogP contribution in [0.3, 0.4) is 0 Å². The SMILES string of the molecule is CCN1CCCCC1CC[C]=O. The molecule has 0 amide bonds. The molecular formula is C10H18NO. The summed E-state index contributed by atoms with van der Waals surface area (Å²) in [6.07, 6.45) is 7.54. The molecule has 0 N–H and O–H groups in total. The van der Waals surface area contributed by atoms with Gasteiger partial charge in [0.25, 0.3) is 0 Å². The Morgan fingerprint density at radius 1 is 1.50 bits per heavy atom. The molecule has 1 saturated heterocycles. The van der Waals surface area contributed by atoms with Gasteiger partial charge >= 0.3 is 0 Å². The van der Waals surface area contributed by atoms with Crippen LogP contribution in [0.5, 0.6) is 0 Å². The van der Waals surface area contributed by atoms with E-state index in [-0.39, 0.29) is 0 Å². The molecule has 1 fully saturated rings. The minimum atomic E-state index is 0.612. The first-order valence-corrected chi connectivity index (χ1v) is 4.97. The Kier molecular flexibility index (Phi) is 4.30. The Balaban J connectivity index is 2.30. The van der Waals surface area contributed by atoms with E-state index in [1.807, 2.05) is 6.29 Å². The maximum atomic E-state index is 10.1. The van der Waals surface area contributed by atoms with E-state index in [0.29, 0.717) is 12.5 Å². The first-order chi connectivity index (χ1) is 5.88. The van der Waals surface area contributed by atoms with Crippen molar-refractivity contribution < 1.29 is 4.79 Å². The average Bonchev–Trinajstić information content (AvgIpc) is 2.15. The lowest BCUT2D eigenvalue weighted by atomic mass is 9.98. The van der Waals surface area contributed by atoms with Crippen LogP contribution in [0.4, 0.5) is 0 Å². The van der Waals surface area contributed by atoms with Crippen LogP contribution in [-0.2, 0) is 4.79 Å². The van der Waals surface area contributed by atoms with E-state index in [9.17, 15) is 4.79 Å². The van der Waals surface area contributed by atoms with Gasteiger partial charge in [-0.3, -0.25) is 4.79 Å². The van der Waals surface area contributed by atoms with Crippen molar-refractivity contribution in [2.24, 2.45) is 0 Å². The summed E-state index contributed by atoms with van der Waals surface area (Å²) in [5.41, 5.74) is 0. The molecule has 1 atom stereocenters. The van der Waals surface area contributed by atoms with Crippen molar-refractivity contribution in [2.45, 2.75) is 45.1 Å². The standard InChI is InChI=1S/C10H18NO/c1-2-11-8-4-3-6-10(11)7-5-9-12/h10H,2-8H2,1H3. The molecule has 0 bridgehead atoms. The highest BCUT2D eigenvalue weighted by atomic mass is 16.1. The molecule has 1 aliphatic rings. The molecule has 0 aromatic rings. The largest absolute Gasteiger partial charge is 0.301 e. The van der Waals surface area contributed by atoms with E-state index < -0.39 is 0 Å². The minimum Gasteiger partial charge on any atom is -0.301 e. The van der Waals surface area contributed by atoms with Crippen LogP contribution in [-0.4, -0.2) is 30.3 Å². The van der Waals surface area contributed by atoms with Crippen molar-refractivity contribution in [3.05, 3.63) is 0 Å². The van der Waals surface area contributed by atoms with Crippen molar-refractivity contribution in [2.75, 3.05) is 13.1 Å². The molecule has 0 saturated carbocycles. The fourth-order valence-electron chi connectivity index (χ4n) is 2.03. The molecule has 1 unspecified atom stereocenters. The Labute approximate surface area is 74.9 Å². The van der Waals surface area contributed by atoms with Gasteiger partial charge in [0.05, 0.1) is 0 Å². The molecule has 1 heterocycles. The van der Waals surface area contributed by atoms with Crippen molar-refractivity contribution in [1.82, 2.24) is 4.90 Å². The van der Waals surface area contributed by atoms with Crippen LogP contribution >= 0.6 is 0 Å². The third-order valence-corrected chi connectivity index (χ3v) is 2.73. The number of hydrogen-bond acceptors (Lipinski definition) is 2. The Morgan fingerprint density at radius 2 is 2.33 bits per heavy atom. The predicted octanol–water partition coefficient (Wildman–Crippen LogP) is 1.75. The van der Waals surface area contributed by atoms with Crippen molar-refractivity contribution >= 4 is 6.29 Å². The van der Waals surface area contributed by atoms with Gasteiger partial charge in [-0.05, 0) is 32.4 Å². The third-order valence-electron chi connectivity index (χ3n) is 2.73. The van der Waals surface area contributed by atoms with Crippen molar-refractivity contribution in [3.8, 4) is 0 Å². The summed E-state index contributed by atoms with van der Waals surface area (Å²) in [5, 5.41) is 0. The summed E-state index contributed by atoms with van der Waals surface area (Å²) < 4.78 is 0. The lowest BCUT2D eigenvalue weighted by molar-refractivity contribution is 0.149. The molecule has 0 aromatic heterocycles. The van der Waals surface area contributed by atoms with Gasteiger partial charge in [-0.25, -0.2) is 0 Å². The normalized spacial score (nSPS) is 25.6. The second-order valence-electron chi connectivity index (χ2n) is 3.46. The van der Waals surface area contributed by atoms with E-state index in [1.54, 1.807) is 0 Å². The highest BCUT2D eigenvalue weighted by molar-refractivity contribution is 5.50. The van der Waals surface area contributed by atoms with E-state index in [1.165, 1.54) is 25.8 Å². The molecule has 2 heteroatoms. The van der Waals surface area contributed by atoms with Gasteiger partial charge < -0.3 is 4.90 Å². The summed E-state index contributed by atoms with van der Waals surface area (Å²) in [4.78, 5) is 12.6. The van der Waals surface area contributed by atoms with Crippen LogP contribution in [0.1, 0.15) is 39.0 Å². The van der Waals surface area contributed by atoms with Crippen LogP contribution in [0.25, 0.3) is 0 Å². The zero-order valence-corrected chi connectivity index (χ0v) is 7.88. The summed E-state index contributed by atoms with van der Waals surface area (Å²) in [6, 6.07) is 0.658. The molecule has 0 aliphatic carbocycles. The lowest BCUT2D eigenvalue weighted by Crippen LogP contribution is -2.39. The molecule has 0 spiro atoms. The molecule has 12 heavy (non-hydrogen) atoms. The number of nitrogens with zero attached hydrogens (tertiary/aromatic N) is 1. The summed E-state index contributed by atoms with van der Waals surface area (Å²) in [5.74, 6) is 0.